The Balaban J connectivity index is 2.78. The highest BCUT2D eigenvalue weighted by molar-refractivity contribution is 5.76. The molecule has 3 nitrogen and oxygen atoms in total. The van der Waals surface area contributed by atoms with Crippen molar-refractivity contribution in [2.75, 3.05) is 5.32 Å². The van der Waals surface area contributed by atoms with E-state index in [1.807, 2.05) is 32.0 Å². The summed E-state index contributed by atoms with van der Waals surface area (Å²) in [7, 11) is 0. The molecule has 14 heavy (non-hydrogen) atoms. The smallest absolute Gasteiger partial charge is 0.325 e. The average Bonchev–Trinajstić information content (AvgIpc) is 2.11. The van der Waals surface area contributed by atoms with Crippen LogP contribution in [0.1, 0.15) is 18.1 Å². The number of carboxylic acid groups (broad SMARTS) is 1. The molecule has 0 aromatic heterocycles. The van der Waals surface area contributed by atoms with Gasteiger partial charge in [-0.25, -0.2) is 0 Å². The normalized spacial score (nSPS) is 12.2. The minimum absolute atomic E-state index is 0.558. The minimum Gasteiger partial charge on any atom is -0.480 e. The van der Waals surface area contributed by atoms with E-state index < -0.39 is 12.0 Å². The van der Waals surface area contributed by atoms with Gasteiger partial charge in [-0.05, 0) is 44.0 Å². The van der Waals surface area contributed by atoms with Crippen molar-refractivity contribution in [1.29, 1.82) is 0 Å². The molecule has 0 aliphatic heterocycles. The third-order valence-electron chi connectivity index (χ3n) is 2.26. The van der Waals surface area contributed by atoms with Gasteiger partial charge in [0, 0.05) is 5.69 Å². The molecule has 2 N–H and O–H groups in total. The first-order valence-electron chi connectivity index (χ1n) is 4.57. The fourth-order valence-electron chi connectivity index (χ4n) is 1.14. The lowest BCUT2D eigenvalue weighted by molar-refractivity contribution is -0.137. The molecule has 3 heteroatoms. The summed E-state index contributed by atoms with van der Waals surface area (Å²) in [5.74, 6) is -0.844. The van der Waals surface area contributed by atoms with Crippen LogP contribution in [0.5, 0.6) is 0 Å². The van der Waals surface area contributed by atoms with Crippen molar-refractivity contribution >= 4 is 11.7 Å². The molecule has 0 bridgehead atoms. The van der Waals surface area contributed by atoms with E-state index in [-0.39, 0.29) is 0 Å². The predicted molar refractivity (Wildman–Crippen MR) is 56.6 cm³/mol. The van der Waals surface area contributed by atoms with Crippen LogP contribution in [-0.2, 0) is 4.79 Å². The summed E-state index contributed by atoms with van der Waals surface area (Å²) in [5, 5.41) is 11.6. The maximum absolute atomic E-state index is 10.6. The molecule has 1 aromatic rings. The van der Waals surface area contributed by atoms with Crippen molar-refractivity contribution < 1.29 is 9.90 Å². The monoisotopic (exact) mass is 193 g/mol. The summed E-state index contributed by atoms with van der Waals surface area (Å²) < 4.78 is 0. The molecule has 76 valence electrons. The number of nitrogens with one attached hydrogen (secondary N) is 1. The largest absolute Gasteiger partial charge is 0.480 e. The first-order valence-corrected chi connectivity index (χ1v) is 4.57. The number of hydrogen-bond donors (Lipinski definition) is 2. The average molecular weight is 193 g/mol. The van der Waals surface area contributed by atoms with Crippen LogP contribution in [0.3, 0.4) is 0 Å². The van der Waals surface area contributed by atoms with Crippen LogP contribution in [0.2, 0.25) is 0 Å². The first kappa shape index (κ1) is 10.6. The summed E-state index contributed by atoms with van der Waals surface area (Å²) in [5.41, 5.74) is 3.22. The molecule has 0 unspecified atom stereocenters. The number of hydrogen-bond acceptors (Lipinski definition) is 2. The number of carboxylic acids is 1. The van der Waals surface area contributed by atoms with Crippen LogP contribution in [0.15, 0.2) is 18.2 Å². The van der Waals surface area contributed by atoms with E-state index in [9.17, 15) is 4.79 Å². The van der Waals surface area contributed by atoms with Crippen LogP contribution in [0.4, 0.5) is 5.69 Å². The van der Waals surface area contributed by atoms with E-state index in [1.54, 1.807) is 6.92 Å². The molecular formula is C11H15NO2. The highest BCUT2D eigenvalue weighted by atomic mass is 16.4. The van der Waals surface area contributed by atoms with E-state index in [1.165, 1.54) is 5.56 Å². The van der Waals surface area contributed by atoms with Gasteiger partial charge in [0.2, 0.25) is 0 Å². The minimum atomic E-state index is -0.844. The lowest BCUT2D eigenvalue weighted by Crippen LogP contribution is -2.25. The molecule has 0 heterocycles. The van der Waals surface area contributed by atoms with Crippen LogP contribution in [0, 0.1) is 13.8 Å². The summed E-state index contributed by atoms with van der Waals surface area (Å²) in [6, 6.07) is 5.26. The number of benzene rings is 1. The van der Waals surface area contributed by atoms with Gasteiger partial charge >= 0.3 is 5.97 Å². The van der Waals surface area contributed by atoms with Crippen molar-refractivity contribution in [3.63, 3.8) is 0 Å². The van der Waals surface area contributed by atoms with Gasteiger partial charge < -0.3 is 10.4 Å². The van der Waals surface area contributed by atoms with Crippen LogP contribution < -0.4 is 5.32 Å². The van der Waals surface area contributed by atoms with Crippen molar-refractivity contribution in [3.05, 3.63) is 29.3 Å². The molecule has 1 aromatic carbocycles. The van der Waals surface area contributed by atoms with Crippen LogP contribution in [-0.4, -0.2) is 17.1 Å². The molecule has 0 spiro atoms. The molecule has 0 aliphatic rings. The van der Waals surface area contributed by atoms with Crippen LogP contribution in [0.25, 0.3) is 0 Å². The molecule has 0 saturated heterocycles. The molecular weight excluding hydrogens is 178 g/mol. The molecule has 0 aliphatic carbocycles. The Morgan fingerprint density at radius 1 is 1.36 bits per heavy atom. The zero-order valence-electron chi connectivity index (χ0n) is 8.66. The second-order valence-electron chi connectivity index (χ2n) is 3.50. The second kappa shape index (κ2) is 4.13. The van der Waals surface area contributed by atoms with Gasteiger partial charge in [0.05, 0.1) is 0 Å². The quantitative estimate of drug-likeness (QED) is 0.773. The molecule has 0 saturated carbocycles. The number of aryl methyl sites for hydroxylation is 2. The molecule has 1 atom stereocenters. The zero-order valence-corrected chi connectivity index (χ0v) is 8.66. The summed E-state index contributed by atoms with van der Waals surface area (Å²) in [6.45, 7) is 5.66. The maximum Gasteiger partial charge on any atom is 0.325 e. The third-order valence-corrected chi connectivity index (χ3v) is 2.26. The Morgan fingerprint density at radius 3 is 2.50 bits per heavy atom. The SMILES string of the molecule is Cc1ccc(N[C@@H](C)C(=O)O)cc1C. The zero-order chi connectivity index (χ0) is 10.7. The fourth-order valence-corrected chi connectivity index (χ4v) is 1.14. The molecule has 1 rings (SSSR count). The number of aliphatic carboxylic acids is 1. The van der Waals surface area contributed by atoms with Gasteiger partial charge in [0.15, 0.2) is 0 Å². The van der Waals surface area contributed by atoms with Crippen molar-refractivity contribution in [2.45, 2.75) is 26.8 Å². The standard InChI is InChI=1S/C11H15NO2/c1-7-4-5-10(6-8(7)2)12-9(3)11(13)14/h4-6,9,12H,1-3H3,(H,13,14)/t9-/m0/s1. The van der Waals surface area contributed by atoms with Gasteiger partial charge in [0.25, 0.3) is 0 Å². The molecule has 0 radical (unpaired) electrons. The van der Waals surface area contributed by atoms with Gasteiger partial charge in [-0.1, -0.05) is 6.07 Å². The number of rotatable bonds is 3. The van der Waals surface area contributed by atoms with Crippen molar-refractivity contribution in [1.82, 2.24) is 0 Å². The topological polar surface area (TPSA) is 49.3 Å². The predicted octanol–water partition coefficient (Wildman–Crippen LogP) is 2.19. The Morgan fingerprint density at radius 2 is 2.00 bits per heavy atom. The van der Waals surface area contributed by atoms with Crippen LogP contribution >= 0.6 is 0 Å². The van der Waals surface area contributed by atoms with E-state index in [4.69, 9.17) is 5.11 Å². The summed E-state index contributed by atoms with van der Waals surface area (Å²) >= 11 is 0. The number of anilines is 1. The first-order chi connectivity index (χ1) is 6.50. The van der Waals surface area contributed by atoms with Crippen molar-refractivity contribution in [3.8, 4) is 0 Å². The summed E-state index contributed by atoms with van der Waals surface area (Å²) in [6.07, 6.45) is 0. The second-order valence-corrected chi connectivity index (χ2v) is 3.50. The van der Waals surface area contributed by atoms with E-state index in [0.29, 0.717) is 0 Å². The number of carbonyl (C=O) groups is 1. The summed E-state index contributed by atoms with van der Waals surface area (Å²) in [4.78, 5) is 10.6. The highest BCUT2D eigenvalue weighted by Crippen LogP contribution is 2.14. The molecule has 0 fully saturated rings. The van der Waals surface area contributed by atoms with Gasteiger partial charge in [-0.15, -0.1) is 0 Å². The lowest BCUT2D eigenvalue weighted by atomic mass is 10.1. The van der Waals surface area contributed by atoms with E-state index in [0.717, 1.165) is 11.3 Å². The molecule has 0 amide bonds. The highest BCUT2D eigenvalue weighted by Gasteiger charge is 2.09. The fraction of sp³-hybridized carbons (Fsp3) is 0.364. The van der Waals surface area contributed by atoms with Gasteiger partial charge in [-0.3, -0.25) is 4.79 Å². The van der Waals surface area contributed by atoms with Gasteiger partial charge in [-0.2, -0.15) is 0 Å². The van der Waals surface area contributed by atoms with E-state index >= 15 is 0 Å². The lowest BCUT2D eigenvalue weighted by Gasteiger charge is -2.11. The maximum atomic E-state index is 10.6. The Kier molecular flexibility index (Phi) is 3.12. The van der Waals surface area contributed by atoms with Gasteiger partial charge in [0.1, 0.15) is 6.04 Å². The Labute approximate surface area is 83.8 Å². The Bertz CT molecular complexity index is 347. The Hall–Kier alpha value is -1.51. The van der Waals surface area contributed by atoms with E-state index in [2.05, 4.69) is 5.32 Å². The third kappa shape index (κ3) is 2.49. The van der Waals surface area contributed by atoms with Crippen molar-refractivity contribution in [2.24, 2.45) is 0 Å².